The third-order valence-corrected chi connectivity index (χ3v) is 2.80. The van der Waals surface area contributed by atoms with E-state index in [0.717, 1.165) is 16.7 Å². The predicted octanol–water partition coefficient (Wildman–Crippen LogP) is 3.88. The summed E-state index contributed by atoms with van der Waals surface area (Å²) in [4.78, 5) is 4.27. The lowest BCUT2D eigenvalue weighted by Crippen LogP contribution is -1.76. The number of benzene rings is 2. The number of nitrogens with zero attached hydrogens (tertiary/aromatic N) is 1. The molecule has 0 saturated heterocycles. The topological polar surface area (TPSA) is 26.0 Å². The third-order valence-electron chi connectivity index (χ3n) is 2.47. The van der Waals surface area contributed by atoms with E-state index in [2.05, 4.69) is 16.8 Å². The highest BCUT2D eigenvalue weighted by atomic mass is 35.5. The van der Waals surface area contributed by atoms with Crippen LogP contribution in [0.2, 0.25) is 5.02 Å². The van der Waals surface area contributed by atoms with E-state index >= 15 is 0 Å². The van der Waals surface area contributed by atoms with Crippen molar-refractivity contribution in [1.82, 2.24) is 4.98 Å². The molecule has 0 aliphatic rings. The van der Waals surface area contributed by atoms with Gasteiger partial charge in [-0.25, -0.2) is 4.98 Å². The number of rotatable bonds is 0. The second-order valence-corrected chi connectivity index (χ2v) is 4.12. The monoisotopic (exact) mass is 253 g/mol. The first kappa shape index (κ1) is 10.9. The number of hydrogen-bond donors (Lipinski definition) is 0. The van der Waals surface area contributed by atoms with Crippen molar-refractivity contribution in [3.8, 4) is 11.8 Å². The largest absolute Gasteiger partial charge is 0.430 e. The van der Waals surface area contributed by atoms with Gasteiger partial charge < -0.3 is 4.42 Å². The highest BCUT2D eigenvalue weighted by Gasteiger charge is 2.01. The quantitative estimate of drug-likeness (QED) is 0.568. The number of para-hydroxylation sites is 2. The molecule has 86 valence electrons. The van der Waals surface area contributed by atoms with Crippen LogP contribution in [-0.2, 0) is 0 Å². The fourth-order valence-electron chi connectivity index (χ4n) is 1.61. The van der Waals surface area contributed by atoms with Gasteiger partial charge in [-0.3, -0.25) is 0 Å². The summed E-state index contributed by atoms with van der Waals surface area (Å²) in [6, 6.07) is 15.0. The summed E-state index contributed by atoms with van der Waals surface area (Å²) < 4.78 is 5.50. The van der Waals surface area contributed by atoms with Gasteiger partial charge in [0, 0.05) is 5.56 Å². The van der Waals surface area contributed by atoms with Crippen LogP contribution in [0.15, 0.2) is 52.9 Å². The van der Waals surface area contributed by atoms with E-state index in [1.807, 2.05) is 42.5 Å². The van der Waals surface area contributed by atoms with E-state index in [0.29, 0.717) is 10.9 Å². The molecule has 18 heavy (non-hydrogen) atoms. The molecule has 0 spiro atoms. The Hall–Kier alpha value is -2.24. The second-order valence-electron chi connectivity index (χ2n) is 3.72. The summed E-state index contributed by atoms with van der Waals surface area (Å²) >= 11 is 6.02. The summed E-state index contributed by atoms with van der Waals surface area (Å²) in [5, 5.41) is 0.626. The molecule has 3 aromatic rings. The van der Waals surface area contributed by atoms with Crippen LogP contribution in [0.1, 0.15) is 11.5 Å². The maximum Gasteiger partial charge on any atom is 0.274 e. The van der Waals surface area contributed by atoms with Gasteiger partial charge in [0.1, 0.15) is 5.52 Å². The fourth-order valence-corrected chi connectivity index (χ4v) is 1.79. The van der Waals surface area contributed by atoms with Gasteiger partial charge in [-0.1, -0.05) is 41.8 Å². The molecule has 0 fully saturated rings. The minimum atomic E-state index is 0.399. The van der Waals surface area contributed by atoms with Crippen LogP contribution < -0.4 is 0 Å². The molecule has 0 radical (unpaired) electrons. The Kier molecular flexibility index (Phi) is 2.76. The van der Waals surface area contributed by atoms with E-state index in [9.17, 15) is 0 Å². The van der Waals surface area contributed by atoms with Crippen molar-refractivity contribution in [2.45, 2.75) is 0 Å². The molecule has 2 aromatic carbocycles. The first-order valence-corrected chi connectivity index (χ1v) is 5.83. The zero-order valence-corrected chi connectivity index (χ0v) is 10.1. The van der Waals surface area contributed by atoms with Crippen molar-refractivity contribution in [2.24, 2.45) is 0 Å². The fraction of sp³-hybridized carbons (Fsp3) is 0. The SMILES string of the molecule is Clc1ccccc1C#Cc1nc2ccccc2o1. The Morgan fingerprint density at radius 3 is 2.56 bits per heavy atom. The van der Waals surface area contributed by atoms with E-state index in [1.165, 1.54) is 0 Å². The van der Waals surface area contributed by atoms with Crippen LogP contribution in [0.25, 0.3) is 11.1 Å². The minimum absolute atomic E-state index is 0.399. The maximum atomic E-state index is 6.02. The lowest BCUT2D eigenvalue weighted by Gasteiger charge is -1.91. The molecule has 0 N–H and O–H groups in total. The summed E-state index contributed by atoms with van der Waals surface area (Å²) in [6.07, 6.45) is 0. The van der Waals surface area contributed by atoms with Crippen LogP contribution >= 0.6 is 11.6 Å². The van der Waals surface area contributed by atoms with Gasteiger partial charge in [-0.2, -0.15) is 0 Å². The average molecular weight is 254 g/mol. The van der Waals surface area contributed by atoms with E-state index < -0.39 is 0 Å². The van der Waals surface area contributed by atoms with E-state index in [1.54, 1.807) is 6.07 Å². The van der Waals surface area contributed by atoms with Crippen molar-refractivity contribution >= 4 is 22.7 Å². The number of fused-ring (bicyclic) bond motifs is 1. The molecule has 3 rings (SSSR count). The predicted molar refractivity (Wildman–Crippen MR) is 71.4 cm³/mol. The van der Waals surface area contributed by atoms with Crippen molar-refractivity contribution in [3.05, 3.63) is 65.0 Å². The van der Waals surface area contributed by atoms with Gasteiger partial charge in [-0.15, -0.1) is 0 Å². The van der Waals surface area contributed by atoms with Gasteiger partial charge in [0.15, 0.2) is 5.58 Å². The number of halogens is 1. The first-order valence-electron chi connectivity index (χ1n) is 5.45. The Bertz CT molecular complexity index is 732. The van der Waals surface area contributed by atoms with Crippen molar-refractivity contribution < 1.29 is 4.42 Å². The Labute approximate surface area is 109 Å². The van der Waals surface area contributed by atoms with Gasteiger partial charge >= 0.3 is 0 Å². The van der Waals surface area contributed by atoms with Gasteiger partial charge in [0.05, 0.1) is 5.02 Å². The summed E-state index contributed by atoms with van der Waals surface area (Å²) in [6.45, 7) is 0. The summed E-state index contributed by atoms with van der Waals surface area (Å²) in [5.74, 6) is 6.23. The molecule has 1 aromatic heterocycles. The van der Waals surface area contributed by atoms with Crippen molar-refractivity contribution in [1.29, 1.82) is 0 Å². The first-order chi connectivity index (χ1) is 8.83. The minimum Gasteiger partial charge on any atom is -0.430 e. The second kappa shape index (κ2) is 4.56. The van der Waals surface area contributed by atoms with Crippen LogP contribution in [0, 0.1) is 11.8 Å². The molecule has 0 bridgehead atoms. The van der Waals surface area contributed by atoms with Crippen LogP contribution in [0.5, 0.6) is 0 Å². The molecule has 1 heterocycles. The van der Waals surface area contributed by atoms with Crippen LogP contribution in [0.4, 0.5) is 0 Å². The standard InChI is InChI=1S/C15H8ClNO/c16-12-6-2-1-5-11(12)9-10-15-17-13-7-3-4-8-14(13)18-15/h1-8H. The van der Waals surface area contributed by atoms with E-state index in [-0.39, 0.29) is 0 Å². The molecular weight excluding hydrogens is 246 g/mol. The van der Waals surface area contributed by atoms with E-state index in [4.69, 9.17) is 16.0 Å². The van der Waals surface area contributed by atoms with Gasteiger partial charge in [0.2, 0.25) is 0 Å². The molecular formula is C15H8ClNO. The van der Waals surface area contributed by atoms with Crippen molar-refractivity contribution in [3.63, 3.8) is 0 Å². The van der Waals surface area contributed by atoms with Crippen LogP contribution in [0.3, 0.4) is 0 Å². The Morgan fingerprint density at radius 1 is 0.944 bits per heavy atom. The summed E-state index contributed by atoms with van der Waals surface area (Å²) in [7, 11) is 0. The normalized spacial score (nSPS) is 10.1. The molecule has 0 aliphatic carbocycles. The number of aromatic nitrogens is 1. The Morgan fingerprint density at radius 2 is 1.72 bits per heavy atom. The molecule has 0 atom stereocenters. The van der Waals surface area contributed by atoms with Crippen LogP contribution in [-0.4, -0.2) is 4.98 Å². The molecule has 2 nitrogen and oxygen atoms in total. The molecule has 3 heteroatoms. The molecule has 0 unspecified atom stereocenters. The maximum absolute atomic E-state index is 6.02. The Balaban J connectivity index is 2.00. The zero-order chi connectivity index (χ0) is 12.4. The van der Waals surface area contributed by atoms with Crippen molar-refractivity contribution in [2.75, 3.05) is 0 Å². The highest BCUT2D eigenvalue weighted by Crippen LogP contribution is 2.15. The highest BCUT2D eigenvalue weighted by molar-refractivity contribution is 6.31. The lowest BCUT2D eigenvalue weighted by atomic mass is 10.2. The van der Waals surface area contributed by atoms with Gasteiger partial charge in [0.25, 0.3) is 5.89 Å². The number of hydrogen-bond acceptors (Lipinski definition) is 2. The smallest absolute Gasteiger partial charge is 0.274 e. The summed E-state index contributed by atoms with van der Waals surface area (Å²) in [5.41, 5.74) is 2.31. The van der Waals surface area contributed by atoms with Gasteiger partial charge in [-0.05, 0) is 30.2 Å². The average Bonchev–Trinajstić information content (AvgIpc) is 2.80. The third kappa shape index (κ3) is 2.09. The molecule has 0 amide bonds. The lowest BCUT2D eigenvalue weighted by molar-refractivity contribution is 0.586. The number of oxazole rings is 1. The molecule has 0 saturated carbocycles. The molecule has 0 aliphatic heterocycles. The zero-order valence-electron chi connectivity index (χ0n) is 9.35.